The van der Waals surface area contributed by atoms with Crippen molar-refractivity contribution in [2.45, 2.75) is 25.3 Å². The Bertz CT molecular complexity index is 787. The first kappa shape index (κ1) is 19.1. The van der Waals surface area contributed by atoms with Crippen LogP contribution in [0.1, 0.15) is 19.3 Å². The number of amides is 1. The van der Waals surface area contributed by atoms with Crippen molar-refractivity contribution in [1.29, 1.82) is 0 Å². The Hall–Kier alpha value is -1.70. The summed E-state index contributed by atoms with van der Waals surface area (Å²) in [4.78, 5) is 23.0. The Morgan fingerprint density at radius 1 is 1.38 bits per heavy atom. The van der Waals surface area contributed by atoms with E-state index >= 15 is 0 Å². The largest absolute Gasteiger partial charge is 0.350 e. The summed E-state index contributed by atoms with van der Waals surface area (Å²) >= 11 is 1.63. The van der Waals surface area contributed by atoms with Crippen LogP contribution in [0.25, 0.3) is 11.0 Å². The molecule has 1 fully saturated rings. The van der Waals surface area contributed by atoms with Gasteiger partial charge in [-0.15, -0.1) is 24.2 Å². The van der Waals surface area contributed by atoms with Crippen LogP contribution in [-0.4, -0.2) is 47.3 Å². The molecule has 0 aromatic carbocycles. The molecule has 4 rings (SSSR count). The molecule has 140 valence electrons. The highest BCUT2D eigenvalue weighted by atomic mass is 35.5. The van der Waals surface area contributed by atoms with Crippen LogP contribution in [0.5, 0.6) is 0 Å². The molecule has 0 aliphatic carbocycles. The number of aromatic nitrogens is 2. The number of nitrogens with zero attached hydrogens (tertiary/aromatic N) is 2. The first-order valence-electron chi connectivity index (χ1n) is 8.86. The van der Waals surface area contributed by atoms with E-state index in [0.717, 1.165) is 46.9 Å². The highest BCUT2D eigenvalue weighted by Gasteiger charge is 2.21. The minimum atomic E-state index is 0. The quantitative estimate of drug-likeness (QED) is 0.744. The maximum atomic E-state index is 12.6. The SMILES string of the molecule is Cl.O=C(NC[C@H]1CCCCN1)C1=CN(c2ccnc3[nH]ccc23)CCS1. The van der Waals surface area contributed by atoms with E-state index in [2.05, 4.69) is 25.5 Å². The van der Waals surface area contributed by atoms with Crippen LogP contribution in [0.15, 0.2) is 35.6 Å². The zero-order valence-corrected chi connectivity index (χ0v) is 16.2. The number of carbonyl (C=O) groups excluding carboxylic acids is 1. The van der Waals surface area contributed by atoms with Crippen molar-refractivity contribution >= 4 is 46.8 Å². The number of nitrogens with one attached hydrogen (secondary N) is 3. The van der Waals surface area contributed by atoms with Crippen molar-refractivity contribution in [3.05, 3.63) is 35.6 Å². The molecule has 0 spiro atoms. The second-order valence-electron chi connectivity index (χ2n) is 6.46. The highest BCUT2D eigenvalue weighted by Crippen LogP contribution is 2.30. The van der Waals surface area contributed by atoms with E-state index in [1.807, 2.05) is 24.5 Å². The molecule has 1 amide bonds. The number of rotatable bonds is 4. The first-order chi connectivity index (χ1) is 12.3. The number of thioether (sulfide) groups is 1. The Balaban J connectivity index is 0.00000196. The van der Waals surface area contributed by atoms with Crippen molar-refractivity contribution in [1.82, 2.24) is 20.6 Å². The number of piperidine rings is 1. The van der Waals surface area contributed by atoms with Gasteiger partial charge in [-0.2, -0.15) is 0 Å². The van der Waals surface area contributed by atoms with Crippen LogP contribution in [0.2, 0.25) is 0 Å². The smallest absolute Gasteiger partial charge is 0.259 e. The van der Waals surface area contributed by atoms with Crippen molar-refractivity contribution < 1.29 is 4.79 Å². The van der Waals surface area contributed by atoms with Crippen LogP contribution in [0, 0.1) is 0 Å². The monoisotopic (exact) mass is 393 g/mol. The molecule has 2 aliphatic heterocycles. The van der Waals surface area contributed by atoms with Crippen LogP contribution in [0.3, 0.4) is 0 Å². The Morgan fingerprint density at radius 3 is 3.15 bits per heavy atom. The van der Waals surface area contributed by atoms with Gasteiger partial charge in [-0.1, -0.05) is 6.42 Å². The van der Waals surface area contributed by atoms with E-state index in [4.69, 9.17) is 0 Å². The summed E-state index contributed by atoms with van der Waals surface area (Å²) in [5, 5.41) is 7.64. The number of hydrogen-bond donors (Lipinski definition) is 3. The molecular formula is C18H24ClN5OS. The summed E-state index contributed by atoms with van der Waals surface area (Å²) in [6.07, 6.45) is 9.29. The van der Waals surface area contributed by atoms with Crippen LogP contribution in [-0.2, 0) is 4.79 Å². The number of carbonyl (C=O) groups is 1. The molecule has 1 saturated heterocycles. The molecule has 0 radical (unpaired) electrons. The topological polar surface area (TPSA) is 73.1 Å². The second-order valence-corrected chi connectivity index (χ2v) is 7.60. The average molecular weight is 394 g/mol. The van der Waals surface area contributed by atoms with E-state index in [9.17, 15) is 4.79 Å². The third kappa shape index (κ3) is 4.16. The molecule has 2 aromatic rings. The van der Waals surface area contributed by atoms with Gasteiger partial charge < -0.3 is 20.5 Å². The van der Waals surface area contributed by atoms with Gasteiger partial charge in [0.15, 0.2) is 0 Å². The van der Waals surface area contributed by atoms with Crippen LogP contribution >= 0.6 is 24.2 Å². The predicted octanol–water partition coefficient (Wildman–Crippen LogP) is 2.64. The number of H-pyrrole nitrogens is 1. The summed E-state index contributed by atoms with van der Waals surface area (Å²) in [6.45, 7) is 2.64. The fourth-order valence-corrected chi connectivity index (χ4v) is 4.32. The molecule has 0 bridgehead atoms. The predicted molar refractivity (Wildman–Crippen MR) is 110 cm³/mol. The minimum Gasteiger partial charge on any atom is -0.350 e. The van der Waals surface area contributed by atoms with E-state index in [-0.39, 0.29) is 18.3 Å². The van der Waals surface area contributed by atoms with Gasteiger partial charge >= 0.3 is 0 Å². The van der Waals surface area contributed by atoms with Gasteiger partial charge in [0.05, 0.1) is 10.6 Å². The molecule has 1 atom stereocenters. The summed E-state index contributed by atoms with van der Waals surface area (Å²) in [5.74, 6) is 0.927. The van der Waals surface area contributed by atoms with Crippen molar-refractivity contribution in [3.63, 3.8) is 0 Å². The number of hydrogen-bond acceptors (Lipinski definition) is 5. The third-order valence-electron chi connectivity index (χ3n) is 4.75. The lowest BCUT2D eigenvalue weighted by Gasteiger charge is -2.27. The molecule has 6 nitrogen and oxygen atoms in total. The zero-order chi connectivity index (χ0) is 17.1. The molecule has 2 aromatic heterocycles. The van der Waals surface area contributed by atoms with Gasteiger partial charge in [-0.05, 0) is 31.5 Å². The van der Waals surface area contributed by atoms with E-state index in [1.54, 1.807) is 18.0 Å². The highest BCUT2D eigenvalue weighted by molar-refractivity contribution is 8.04. The summed E-state index contributed by atoms with van der Waals surface area (Å²) < 4.78 is 0. The molecular weight excluding hydrogens is 370 g/mol. The van der Waals surface area contributed by atoms with E-state index in [0.29, 0.717) is 12.6 Å². The molecule has 8 heteroatoms. The van der Waals surface area contributed by atoms with Gasteiger partial charge in [0.25, 0.3) is 5.91 Å². The average Bonchev–Trinajstić information content (AvgIpc) is 3.16. The lowest BCUT2D eigenvalue weighted by Crippen LogP contribution is -2.44. The molecule has 0 saturated carbocycles. The number of anilines is 1. The fourth-order valence-electron chi connectivity index (χ4n) is 3.41. The number of halogens is 1. The maximum absolute atomic E-state index is 12.6. The fraction of sp³-hybridized carbons (Fsp3) is 0.444. The van der Waals surface area contributed by atoms with Gasteiger partial charge in [0, 0.05) is 48.9 Å². The molecule has 2 aliphatic rings. The van der Waals surface area contributed by atoms with Crippen LogP contribution < -0.4 is 15.5 Å². The zero-order valence-electron chi connectivity index (χ0n) is 14.5. The standard InChI is InChI=1S/C18H23N5OS.ClH/c24-18(22-11-13-3-1-2-6-19-13)16-12-23(9-10-25-16)15-5-8-21-17-14(15)4-7-20-17;/h4-5,7-8,12-13,19H,1-3,6,9-11H2,(H,20,21)(H,22,24);1H/t13-;/m1./s1. The van der Waals surface area contributed by atoms with Crippen molar-refractivity contribution in [2.75, 3.05) is 30.3 Å². The van der Waals surface area contributed by atoms with E-state index in [1.165, 1.54) is 12.8 Å². The molecule has 0 unspecified atom stereocenters. The van der Waals surface area contributed by atoms with Gasteiger partial charge in [0.1, 0.15) is 5.65 Å². The summed E-state index contributed by atoms with van der Waals surface area (Å²) in [6, 6.07) is 4.44. The Morgan fingerprint density at radius 2 is 2.31 bits per heavy atom. The maximum Gasteiger partial charge on any atom is 0.259 e. The number of fused-ring (bicyclic) bond motifs is 1. The molecule has 3 N–H and O–H groups in total. The second kappa shape index (κ2) is 8.79. The third-order valence-corrected chi connectivity index (χ3v) is 5.74. The molecule has 4 heterocycles. The van der Waals surface area contributed by atoms with Gasteiger partial charge in [-0.3, -0.25) is 4.79 Å². The first-order valence-corrected chi connectivity index (χ1v) is 9.85. The minimum absolute atomic E-state index is 0. The summed E-state index contributed by atoms with van der Waals surface area (Å²) in [5.41, 5.74) is 1.96. The number of aromatic amines is 1. The van der Waals surface area contributed by atoms with Gasteiger partial charge in [0.2, 0.25) is 0 Å². The van der Waals surface area contributed by atoms with Crippen LogP contribution in [0.4, 0.5) is 5.69 Å². The normalized spacial score (nSPS) is 20.4. The summed E-state index contributed by atoms with van der Waals surface area (Å²) in [7, 11) is 0. The van der Waals surface area contributed by atoms with Gasteiger partial charge in [-0.25, -0.2) is 4.98 Å². The van der Waals surface area contributed by atoms with Crippen molar-refractivity contribution in [2.24, 2.45) is 0 Å². The van der Waals surface area contributed by atoms with E-state index < -0.39 is 0 Å². The number of pyridine rings is 1. The Kier molecular flexibility index (Phi) is 6.45. The lowest BCUT2D eigenvalue weighted by atomic mass is 10.1. The Labute approximate surface area is 163 Å². The van der Waals surface area contributed by atoms with Crippen molar-refractivity contribution in [3.8, 4) is 0 Å². The lowest BCUT2D eigenvalue weighted by molar-refractivity contribution is -0.116. The molecule has 26 heavy (non-hydrogen) atoms.